The maximum Gasteiger partial charge on any atom is 0.119 e. The van der Waals surface area contributed by atoms with Crippen LogP contribution in [0.5, 0.6) is 5.75 Å². The highest BCUT2D eigenvalue weighted by Crippen LogP contribution is 2.16. The number of nitrogens with one attached hydrogen (secondary N) is 1. The summed E-state index contributed by atoms with van der Waals surface area (Å²) in [6, 6.07) is 19.3. The first-order valence-electron chi connectivity index (χ1n) is 8.79. The van der Waals surface area contributed by atoms with Gasteiger partial charge in [0.15, 0.2) is 0 Å². The van der Waals surface area contributed by atoms with Crippen molar-refractivity contribution in [3.8, 4) is 5.75 Å². The van der Waals surface area contributed by atoms with Crippen molar-refractivity contribution in [3.63, 3.8) is 0 Å². The van der Waals surface area contributed by atoms with Gasteiger partial charge in [-0.05, 0) is 36.6 Å². The molecule has 2 nitrogen and oxygen atoms in total. The standard InChI is InChI=1S/C21H29NO/c1-3-4-5-9-15-23-21-14-10-11-19(16-21)17-22-18(2)20-12-7-6-8-13-20/h6-8,10-14,16,18,22H,3-5,9,15,17H2,1-2H3. The zero-order valence-corrected chi connectivity index (χ0v) is 14.4. The molecule has 0 saturated carbocycles. The van der Waals surface area contributed by atoms with Crippen LogP contribution in [0.4, 0.5) is 0 Å². The van der Waals surface area contributed by atoms with Crippen LogP contribution in [0.3, 0.4) is 0 Å². The molecule has 0 bridgehead atoms. The molecule has 0 radical (unpaired) electrons. The summed E-state index contributed by atoms with van der Waals surface area (Å²) in [4.78, 5) is 0. The lowest BCUT2D eigenvalue weighted by Crippen LogP contribution is -2.18. The molecule has 0 aliphatic carbocycles. The van der Waals surface area contributed by atoms with E-state index in [0.29, 0.717) is 6.04 Å². The van der Waals surface area contributed by atoms with Gasteiger partial charge in [-0.25, -0.2) is 0 Å². The van der Waals surface area contributed by atoms with E-state index in [1.54, 1.807) is 0 Å². The van der Waals surface area contributed by atoms with Crippen LogP contribution in [-0.2, 0) is 6.54 Å². The molecule has 124 valence electrons. The van der Waals surface area contributed by atoms with E-state index in [2.05, 4.69) is 67.7 Å². The van der Waals surface area contributed by atoms with Gasteiger partial charge in [0.05, 0.1) is 6.61 Å². The van der Waals surface area contributed by atoms with Crippen molar-refractivity contribution in [1.29, 1.82) is 0 Å². The van der Waals surface area contributed by atoms with E-state index in [4.69, 9.17) is 4.74 Å². The van der Waals surface area contributed by atoms with E-state index in [0.717, 1.165) is 25.3 Å². The molecule has 0 saturated heterocycles. The molecule has 0 heterocycles. The predicted molar refractivity (Wildman–Crippen MR) is 97.8 cm³/mol. The second kappa shape index (κ2) is 10.1. The largest absolute Gasteiger partial charge is 0.494 e. The van der Waals surface area contributed by atoms with E-state index in [1.807, 2.05) is 6.07 Å². The van der Waals surface area contributed by atoms with Crippen molar-refractivity contribution in [3.05, 3.63) is 65.7 Å². The normalized spacial score (nSPS) is 12.1. The van der Waals surface area contributed by atoms with Crippen LogP contribution in [0, 0.1) is 0 Å². The van der Waals surface area contributed by atoms with Gasteiger partial charge in [-0.2, -0.15) is 0 Å². The minimum absolute atomic E-state index is 0.342. The highest BCUT2D eigenvalue weighted by atomic mass is 16.5. The number of rotatable bonds is 10. The van der Waals surface area contributed by atoms with Gasteiger partial charge in [0.1, 0.15) is 5.75 Å². The van der Waals surface area contributed by atoms with Crippen LogP contribution in [0.2, 0.25) is 0 Å². The van der Waals surface area contributed by atoms with Gasteiger partial charge in [-0.15, -0.1) is 0 Å². The van der Waals surface area contributed by atoms with E-state index >= 15 is 0 Å². The van der Waals surface area contributed by atoms with Gasteiger partial charge in [0.2, 0.25) is 0 Å². The monoisotopic (exact) mass is 311 g/mol. The second-order valence-electron chi connectivity index (χ2n) is 6.07. The van der Waals surface area contributed by atoms with E-state index in [9.17, 15) is 0 Å². The summed E-state index contributed by atoms with van der Waals surface area (Å²) < 4.78 is 5.86. The summed E-state index contributed by atoms with van der Waals surface area (Å²) in [5.41, 5.74) is 2.58. The molecule has 2 rings (SSSR count). The lowest BCUT2D eigenvalue weighted by atomic mass is 10.1. The van der Waals surface area contributed by atoms with Gasteiger partial charge in [-0.1, -0.05) is 68.7 Å². The second-order valence-corrected chi connectivity index (χ2v) is 6.07. The zero-order chi connectivity index (χ0) is 16.3. The Bertz CT molecular complexity index is 553. The molecule has 2 aromatic rings. The maximum atomic E-state index is 5.86. The maximum absolute atomic E-state index is 5.86. The number of hydrogen-bond acceptors (Lipinski definition) is 2. The Kier molecular flexibility index (Phi) is 7.68. The van der Waals surface area contributed by atoms with E-state index < -0.39 is 0 Å². The first-order valence-corrected chi connectivity index (χ1v) is 8.79. The summed E-state index contributed by atoms with van der Waals surface area (Å²) in [6.45, 7) is 6.09. The Hall–Kier alpha value is -1.80. The number of ether oxygens (including phenoxy) is 1. The molecule has 0 aliphatic heterocycles. The summed E-state index contributed by atoms with van der Waals surface area (Å²) in [5, 5.41) is 3.57. The molecular formula is C21H29NO. The molecule has 0 aliphatic rings. The molecule has 2 aromatic carbocycles. The third kappa shape index (κ3) is 6.45. The van der Waals surface area contributed by atoms with Crippen LogP contribution in [0.25, 0.3) is 0 Å². The average molecular weight is 311 g/mol. The molecule has 2 heteroatoms. The van der Waals surface area contributed by atoms with Gasteiger partial charge in [0, 0.05) is 12.6 Å². The first-order chi connectivity index (χ1) is 11.3. The van der Waals surface area contributed by atoms with Crippen molar-refractivity contribution < 1.29 is 4.74 Å². The molecular weight excluding hydrogens is 282 g/mol. The van der Waals surface area contributed by atoms with Crippen LogP contribution < -0.4 is 10.1 Å². The van der Waals surface area contributed by atoms with Crippen LogP contribution >= 0.6 is 0 Å². The van der Waals surface area contributed by atoms with E-state index in [-0.39, 0.29) is 0 Å². The van der Waals surface area contributed by atoms with Crippen molar-refractivity contribution in [2.75, 3.05) is 6.61 Å². The fourth-order valence-corrected chi connectivity index (χ4v) is 2.59. The fraction of sp³-hybridized carbons (Fsp3) is 0.429. The van der Waals surface area contributed by atoms with Gasteiger partial charge in [-0.3, -0.25) is 0 Å². The summed E-state index contributed by atoms with van der Waals surface area (Å²) in [6.07, 6.45) is 4.96. The lowest BCUT2D eigenvalue weighted by Gasteiger charge is -2.15. The summed E-state index contributed by atoms with van der Waals surface area (Å²) >= 11 is 0. The smallest absolute Gasteiger partial charge is 0.119 e. The molecule has 0 amide bonds. The number of unbranched alkanes of at least 4 members (excludes halogenated alkanes) is 3. The third-order valence-electron chi connectivity index (χ3n) is 4.08. The summed E-state index contributed by atoms with van der Waals surface area (Å²) in [5.74, 6) is 0.980. The Morgan fingerprint density at radius 3 is 2.57 bits per heavy atom. The Morgan fingerprint density at radius 1 is 0.957 bits per heavy atom. The van der Waals surface area contributed by atoms with Crippen LogP contribution in [0.15, 0.2) is 54.6 Å². The minimum Gasteiger partial charge on any atom is -0.494 e. The molecule has 1 N–H and O–H groups in total. The molecule has 0 spiro atoms. The van der Waals surface area contributed by atoms with Gasteiger partial charge >= 0.3 is 0 Å². The number of benzene rings is 2. The third-order valence-corrected chi connectivity index (χ3v) is 4.08. The Morgan fingerprint density at radius 2 is 1.78 bits per heavy atom. The fourth-order valence-electron chi connectivity index (χ4n) is 2.59. The summed E-state index contributed by atoms with van der Waals surface area (Å²) in [7, 11) is 0. The molecule has 23 heavy (non-hydrogen) atoms. The highest BCUT2D eigenvalue weighted by molar-refractivity contribution is 5.28. The van der Waals surface area contributed by atoms with Crippen molar-refractivity contribution in [1.82, 2.24) is 5.32 Å². The van der Waals surface area contributed by atoms with Crippen molar-refractivity contribution >= 4 is 0 Å². The lowest BCUT2D eigenvalue weighted by molar-refractivity contribution is 0.304. The molecule has 0 aromatic heterocycles. The Labute approximate surface area is 140 Å². The average Bonchev–Trinajstić information content (AvgIpc) is 2.60. The van der Waals surface area contributed by atoms with Crippen LogP contribution in [-0.4, -0.2) is 6.61 Å². The van der Waals surface area contributed by atoms with Crippen molar-refractivity contribution in [2.45, 2.75) is 52.1 Å². The molecule has 1 unspecified atom stereocenters. The Balaban J connectivity index is 1.78. The van der Waals surface area contributed by atoms with Gasteiger partial charge < -0.3 is 10.1 Å². The molecule has 0 fully saturated rings. The SMILES string of the molecule is CCCCCCOc1cccc(CNC(C)c2ccccc2)c1. The predicted octanol–water partition coefficient (Wildman–Crippen LogP) is 5.50. The first kappa shape index (κ1) is 17.6. The zero-order valence-electron chi connectivity index (χ0n) is 14.4. The molecule has 1 atom stereocenters. The number of hydrogen-bond donors (Lipinski definition) is 1. The van der Waals surface area contributed by atoms with Crippen molar-refractivity contribution in [2.24, 2.45) is 0 Å². The quantitative estimate of drug-likeness (QED) is 0.585. The van der Waals surface area contributed by atoms with E-state index in [1.165, 1.54) is 30.4 Å². The minimum atomic E-state index is 0.342. The van der Waals surface area contributed by atoms with Crippen LogP contribution in [0.1, 0.15) is 56.7 Å². The highest BCUT2D eigenvalue weighted by Gasteiger charge is 2.04. The van der Waals surface area contributed by atoms with Gasteiger partial charge in [0.25, 0.3) is 0 Å². The topological polar surface area (TPSA) is 21.3 Å².